The molecule has 0 fully saturated rings. The van der Waals surface area contributed by atoms with Crippen molar-refractivity contribution in [2.75, 3.05) is 4.72 Å². The van der Waals surface area contributed by atoms with Crippen molar-refractivity contribution in [2.24, 2.45) is 0 Å². The summed E-state index contributed by atoms with van der Waals surface area (Å²) in [7, 11) is -3.85. The van der Waals surface area contributed by atoms with Crippen LogP contribution < -0.4 is 10.3 Å². The molecule has 5 aromatic rings. The Hall–Kier alpha value is -3.80. The number of aromatic amines is 1. The van der Waals surface area contributed by atoms with Gasteiger partial charge in [-0.3, -0.25) is 9.52 Å². The van der Waals surface area contributed by atoms with E-state index in [4.69, 9.17) is 4.74 Å². The Balaban J connectivity index is 1.40. The van der Waals surface area contributed by atoms with E-state index in [-0.39, 0.29) is 26.8 Å². The minimum atomic E-state index is -3.85. The van der Waals surface area contributed by atoms with Gasteiger partial charge in [-0.25, -0.2) is 18.2 Å². The van der Waals surface area contributed by atoms with Gasteiger partial charge in [0.05, 0.1) is 16.6 Å². The molecule has 0 unspecified atom stereocenters. The number of ether oxygens (including phenoxy) is 1. The second-order valence-electron chi connectivity index (χ2n) is 7.78. The molecule has 3 heterocycles. The van der Waals surface area contributed by atoms with E-state index in [1.165, 1.54) is 29.5 Å². The molecule has 3 aromatic heterocycles. The van der Waals surface area contributed by atoms with Gasteiger partial charge in [0.1, 0.15) is 9.04 Å². The maximum Gasteiger partial charge on any atom is 0.340 e. The molecular formula is C25H19N3O5S3. The number of nitrogens with zero attached hydrogens (tertiary/aromatic N) is 1. The summed E-state index contributed by atoms with van der Waals surface area (Å²) in [4.78, 5) is 33.7. The number of carbonyl (C=O) groups excluding carboxylic acids is 1. The van der Waals surface area contributed by atoms with Crippen LogP contribution in [0.5, 0.6) is 0 Å². The van der Waals surface area contributed by atoms with E-state index in [1.807, 2.05) is 35.7 Å². The highest BCUT2D eigenvalue weighted by molar-refractivity contribution is 7.94. The average molecular weight is 538 g/mol. The fourth-order valence-electron chi connectivity index (χ4n) is 3.63. The van der Waals surface area contributed by atoms with Crippen LogP contribution in [0.1, 0.15) is 29.2 Å². The molecule has 182 valence electrons. The third-order valence-corrected chi connectivity index (χ3v) is 9.00. The van der Waals surface area contributed by atoms with Crippen molar-refractivity contribution in [3.05, 3.63) is 99.2 Å². The maximum atomic E-state index is 13.0. The van der Waals surface area contributed by atoms with Crippen molar-refractivity contribution in [3.8, 4) is 11.1 Å². The lowest BCUT2D eigenvalue weighted by Crippen LogP contribution is -2.19. The molecular weight excluding hydrogens is 518 g/mol. The fourth-order valence-corrected chi connectivity index (χ4v) is 6.66. The van der Waals surface area contributed by atoms with Gasteiger partial charge in [0.25, 0.3) is 15.6 Å². The third kappa shape index (κ3) is 4.68. The Morgan fingerprint density at radius 3 is 2.53 bits per heavy atom. The number of thiophene rings is 2. The first kappa shape index (κ1) is 23.9. The Bertz CT molecular complexity index is 1710. The highest BCUT2D eigenvalue weighted by atomic mass is 32.2. The van der Waals surface area contributed by atoms with Gasteiger partial charge in [0, 0.05) is 10.9 Å². The average Bonchev–Trinajstić information content (AvgIpc) is 3.56. The van der Waals surface area contributed by atoms with Crippen molar-refractivity contribution in [2.45, 2.75) is 17.2 Å². The van der Waals surface area contributed by atoms with E-state index in [2.05, 4.69) is 14.7 Å². The monoisotopic (exact) mass is 537 g/mol. The number of para-hydroxylation sites is 1. The smallest absolute Gasteiger partial charge is 0.340 e. The molecule has 0 aliphatic heterocycles. The van der Waals surface area contributed by atoms with Crippen LogP contribution in [0.25, 0.3) is 21.3 Å². The Morgan fingerprint density at radius 2 is 1.78 bits per heavy atom. The van der Waals surface area contributed by atoms with Crippen LogP contribution in [-0.4, -0.2) is 24.4 Å². The van der Waals surface area contributed by atoms with Gasteiger partial charge in [-0.2, -0.15) is 0 Å². The highest BCUT2D eigenvalue weighted by Crippen LogP contribution is 2.31. The number of sulfonamides is 1. The zero-order chi connectivity index (χ0) is 25.3. The first-order chi connectivity index (χ1) is 17.3. The quantitative estimate of drug-likeness (QED) is 0.267. The first-order valence-corrected chi connectivity index (χ1v) is 14.0. The summed E-state index contributed by atoms with van der Waals surface area (Å²) in [6, 6.07) is 18.8. The standard InChI is InChI=1S/C25H19N3O5S3/c1-15(22-26-23(29)21-18(14-35-24(21)27-22)16-8-3-2-4-9-16)33-25(30)17-10-5-6-11-19(17)28-36(31,32)20-12-7-13-34-20/h2-15,28H,1H3,(H,26,27,29)/t15-/m1/s1. The van der Waals surface area contributed by atoms with Crippen LogP contribution >= 0.6 is 22.7 Å². The molecule has 0 aliphatic carbocycles. The van der Waals surface area contributed by atoms with Crippen LogP contribution in [-0.2, 0) is 14.8 Å². The number of fused-ring (bicyclic) bond motifs is 1. The van der Waals surface area contributed by atoms with Crippen LogP contribution in [0.15, 0.2) is 86.5 Å². The zero-order valence-electron chi connectivity index (χ0n) is 18.8. The van der Waals surface area contributed by atoms with Crippen LogP contribution in [0, 0.1) is 0 Å². The molecule has 8 nitrogen and oxygen atoms in total. The number of esters is 1. The number of aromatic nitrogens is 2. The van der Waals surface area contributed by atoms with Gasteiger partial charge < -0.3 is 9.72 Å². The van der Waals surface area contributed by atoms with E-state index in [9.17, 15) is 18.0 Å². The Morgan fingerprint density at radius 1 is 1.03 bits per heavy atom. The third-order valence-electron chi connectivity index (χ3n) is 5.37. The fraction of sp³-hybridized carbons (Fsp3) is 0.0800. The van der Waals surface area contributed by atoms with Crippen molar-refractivity contribution in [1.82, 2.24) is 9.97 Å². The van der Waals surface area contributed by atoms with E-state index in [0.717, 1.165) is 22.5 Å². The summed E-state index contributed by atoms with van der Waals surface area (Å²) in [5, 5.41) is 4.00. The number of hydrogen-bond acceptors (Lipinski definition) is 8. The number of nitrogens with one attached hydrogen (secondary N) is 2. The molecule has 11 heteroatoms. The molecule has 2 aromatic carbocycles. The van der Waals surface area contributed by atoms with Gasteiger partial charge in [-0.15, -0.1) is 22.7 Å². The molecule has 36 heavy (non-hydrogen) atoms. The lowest BCUT2D eigenvalue weighted by molar-refractivity contribution is 0.0321. The largest absolute Gasteiger partial charge is 0.451 e. The predicted octanol–water partition coefficient (Wildman–Crippen LogP) is 5.43. The van der Waals surface area contributed by atoms with Gasteiger partial charge >= 0.3 is 5.97 Å². The van der Waals surface area contributed by atoms with Gasteiger partial charge in [-0.05, 0) is 36.1 Å². The second kappa shape index (κ2) is 9.69. The maximum absolute atomic E-state index is 13.0. The van der Waals surface area contributed by atoms with Crippen molar-refractivity contribution in [3.63, 3.8) is 0 Å². The van der Waals surface area contributed by atoms with Gasteiger partial charge in [-0.1, -0.05) is 48.5 Å². The molecule has 0 bridgehead atoms. The summed E-state index contributed by atoms with van der Waals surface area (Å²) >= 11 is 2.40. The molecule has 1 atom stereocenters. The highest BCUT2D eigenvalue weighted by Gasteiger charge is 2.23. The zero-order valence-corrected chi connectivity index (χ0v) is 21.2. The summed E-state index contributed by atoms with van der Waals surface area (Å²) in [5.74, 6) is -0.565. The number of anilines is 1. The minimum absolute atomic E-state index is 0.0374. The van der Waals surface area contributed by atoms with Gasteiger partial charge in [0.2, 0.25) is 0 Å². The van der Waals surface area contributed by atoms with E-state index in [0.29, 0.717) is 10.2 Å². The molecule has 0 aliphatic rings. The molecule has 0 saturated carbocycles. The van der Waals surface area contributed by atoms with Crippen LogP contribution in [0.2, 0.25) is 0 Å². The van der Waals surface area contributed by atoms with Crippen LogP contribution in [0.3, 0.4) is 0 Å². The molecule has 0 amide bonds. The SMILES string of the molecule is C[C@@H](OC(=O)c1ccccc1NS(=O)(=O)c1cccs1)c1nc2scc(-c3ccccc3)c2c(=O)[nH]1. The molecule has 0 saturated heterocycles. The predicted molar refractivity (Wildman–Crippen MR) is 141 cm³/mol. The van der Waals surface area contributed by atoms with Crippen molar-refractivity contribution in [1.29, 1.82) is 0 Å². The lowest BCUT2D eigenvalue weighted by Gasteiger charge is -2.15. The number of rotatable bonds is 7. The molecule has 0 radical (unpaired) electrons. The molecule has 5 rings (SSSR count). The second-order valence-corrected chi connectivity index (χ2v) is 11.5. The summed E-state index contributed by atoms with van der Waals surface area (Å²) < 4.78 is 33.4. The summed E-state index contributed by atoms with van der Waals surface area (Å²) in [6.45, 7) is 1.59. The van der Waals surface area contributed by atoms with Crippen LogP contribution in [0.4, 0.5) is 5.69 Å². The van der Waals surface area contributed by atoms with Gasteiger partial charge in [0.15, 0.2) is 11.9 Å². The Labute approximate surface area is 214 Å². The number of carbonyl (C=O) groups is 1. The minimum Gasteiger partial charge on any atom is -0.451 e. The molecule has 2 N–H and O–H groups in total. The molecule has 0 spiro atoms. The van der Waals surface area contributed by atoms with E-state index >= 15 is 0 Å². The summed E-state index contributed by atoms with van der Waals surface area (Å²) in [5.41, 5.74) is 1.49. The van der Waals surface area contributed by atoms with E-state index in [1.54, 1.807) is 30.5 Å². The topological polar surface area (TPSA) is 118 Å². The lowest BCUT2D eigenvalue weighted by atomic mass is 10.1. The van der Waals surface area contributed by atoms with Crippen molar-refractivity contribution < 1.29 is 17.9 Å². The number of hydrogen-bond donors (Lipinski definition) is 2. The first-order valence-electron chi connectivity index (χ1n) is 10.8. The Kier molecular flexibility index (Phi) is 6.44. The normalized spacial score (nSPS) is 12.4. The summed E-state index contributed by atoms with van der Waals surface area (Å²) in [6.07, 6.45) is -0.890. The number of H-pyrrole nitrogens is 1. The van der Waals surface area contributed by atoms with Crippen molar-refractivity contribution >= 4 is 54.6 Å². The van der Waals surface area contributed by atoms with E-state index < -0.39 is 22.1 Å². The number of benzene rings is 2.